The van der Waals surface area contributed by atoms with Gasteiger partial charge in [-0.25, -0.2) is 0 Å². The van der Waals surface area contributed by atoms with Crippen molar-refractivity contribution >= 4 is 5.91 Å². The van der Waals surface area contributed by atoms with Gasteiger partial charge in [0.25, 0.3) is 0 Å². The summed E-state index contributed by atoms with van der Waals surface area (Å²) >= 11 is 0. The molecule has 1 saturated carbocycles. The molecule has 1 N–H and O–H groups in total. The van der Waals surface area contributed by atoms with Gasteiger partial charge in [0, 0.05) is 25.6 Å². The molecule has 0 aromatic carbocycles. The third-order valence-electron chi connectivity index (χ3n) is 3.82. The van der Waals surface area contributed by atoms with Crippen molar-refractivity contribution in [3.05, 3.63) is 0 Å². The molecule has 0 bridgehead atoms. The fraction of sp³-hybridized carbons (Fsp3) is 0.917. The first-order valence-corrected chi connectivity index (χ1v) is 6.31. The molecule has 3 nitrogen and oxygen atoms in total. The summed E-state index contributed by atoms with van der Waals surface area (Å²) in [6, 6.07) is 0.461. The van der Waals surface area contributed by atoms with Crippen LogP contribution in [-0.4, -0.2) is 36.5 Å². The third-order valence-corrected chi connectivity index (χ3v) is 3.82. The summed E-state index contributed by atoms with van der Waals surface area (Å²) in [5.41, 5.74) is 0. The van der Waals surface area contributed by atoms with Crippen LogP contribution in [0.25, 0.3) is 0 Å². The molecule has 1 aliphatic carbocycles. The van der Waals surface area contributed by atoms with Gasteiger partial charge in [0.1, 0.15) is 0 Å². The standard InChI is InChI=1S/C12H22N2O/c1-2-14(11-6-7-13-9-11)12(15)8-10-4-3-5-10/h10-11,13H,2-9H2,1H3. The Morgan fingerprint density at radius 1 is 1.40 bits per heavy atom. The van der Waals surface area contributed by atoms with E-state index in [1.165, 1.54) is 19.3 Å². The molecule has 2 aliphatic rings. The summed E-state index contributed by atoms with van der Waals surface area (Å²) in [4.78, 5) is 14.1. The Hall–Kier alpha value is -0.570. The molecule has 1 heterocycles. The number of nitrogens with one attached hydrogen (secondary N) is 1. The monoisotopic (exact) mass is 210 g/mol. The highest BCUT2D eigenvalue weighted by atomic mass is 16.2. The lowest BCUT2D eigenvalue weighted by molar-refractivity contribution is -0.134. The van der Waals surface area contributed by atoms with E-state index in [2.05, 4.69) is 17.1 Å². The summed E-state index contributed by atoms with van der Waals surface area (Å²) in [6.07, 6.45) is 5.79. The minimum Gasteiger partial charge on any atom is -0.339 e. The summed E-state index contributed by atoms with van der Waals surface area (Å²) in [6.45, 7) is 5.02. The van der Waals surface area contributed by atoms with Crippen molar-refractivity contribution in [2.45, 2.75) is 45.1 Å². The fourth-order valence-corrected chi connectivity index (χ4v) is 2.60. The maximum absolute atomic E-state index is 12.1. The number of carbonyl (C=O) groups is 1. The van der Waals surface area contributed by atoms with Gasteiger partial charge in [-0.15, -0.1) is 0 Å². The third kappa shape index (κ3) is 2.51. The lowest BCUT2D eigenvalue weighted by atomic mass is 9.82. The lowest BCUT2D eigenvalue weighted by Crippen LogP contribution is -2.42. The van der Waals surface area contributed by atoms with Crippen LogP contribution in [0.2, 0.25) is 0 Å². The van der Waals surface area contributed by atoms with Gasteiger partial charge in [0.2, 0.25) is 5.91 Å². The Morgan fingerprint density at radius 3 is 2.67 bits per heavy atom. The van der Waals surface area contributed by atoms with E-state index in [0.717, 1.165) is 32.5 Å². The summed E-state index contributed by atoms with van der Waals surface area (Å²) in [7, 11) is 0. The number of likely N-dealkylation sites (N-methyl/N-ethyl adjacent to an activating group) is 1. The number of carbonyl (C=O) groups excluding carboxylic acids is 1. The molecule has 2 fully saturated rings. The van der Waals surface area contributed by atoms with Crippen LogP contribution in [0.3, 0.4) is 0 Å². The van der Waals surface area contributed by atoms with Crippen LogP contribution in [0.1, 0.15) is 39.0 Å². The molecule has 86 valence electrons. The number of hydrogen-bond donors (Lipinski definition) is 1. The van der Waals surface area contributed by atoms with E-state index in [9.17, 15) is 4.79 Å². The molecule has 2 rings (SSSR count). The van der Waals surface area contributed by atoms with E-state index in [1.54, 1.807) is 0 Å². The topological polar surface area (TPSA) is 32.3 Å². The van der Waals surface area contributed by atoms with Crippen LogP contribution >= 0.6 is 0 Å². The number of nitrogens with zero attached hydrogens (tertiary/aromatic N) is 1. The van der Waals surface area contributed by atoms with Crippen LogP contribution in [-0.2, 0) is 4.79 Å². The predicted molar refractivity (Wildman–Crippen MR) is 60.6 cm³/mol. The van der Waals surface area contributed by atoms with E-state index >= 15 is 0 Å². The predicted octanol–water partition coefficient (Wildman–Crippen LogP) is 1.39. The Labute approximate surface area is 92.2 Å². The minimum atomic E-state index is 0.385. The van der Waals surface area contributed by atoms with Gasteiger partial charge in [-0.05, 0) is 38.6 Å². The van der Waals surface area contributed by atoms with Crippen molar-refractivity contribution in [3.8, 4) is 0 Å². The van der Waals surface area contributed by atoms with E-state index < -0.39 is 0 Å². The van der Waals surface area contributed by atoms with Gasteiger partial charge in [0.05, 0.1) is 0 Å². The molecule has 3 heteroatoms. The normalized spacial score (nSPS) is 26.3. The summed E-state index contributed by atoms with van der Waals surface area (Å²) in [5.74, 6) is 1.08. The molecule has 0 radical (unpaired) electrons. The van der Waals surface area contributed by atoms with Crippen LogP contribution in [0.15, 0.2) is 0 Å². The Balaban J connectivity index is 1.83. The zero-order valence-corrected chi connectivity index (χ0v) is 9.67. The summed E-state index contributed by atoms with van der Waals surface area (Å²) in [5, 5.41) is 3.33. The second-order valence-corrected chi connectivity index (χ2v) is 4.83. The number of amides is 1. The fourth-order valence-electron chi connectivity index (χ4n) is 2.60. The quantitative estimate of drug-likeness (QED) is 0.760. The molecule has 1 amide bonds. The van der Waals surface area contributed by atoms with Crippen molar-refractivity contribution in [1.82, 2.24) is 10.2 Å². The zero-order valence-electron chi connectivity index (χ0n) is 9.67. The molecule has 15 heavy (non-hydrogen) atoms. The van der Waals surface area contributed by atoms with E-state index in [0.29, 0.717) is 17.9 Å². The smallest absolute Gasteiger partial charge is 0.223 e. The first kappa shape index (κ1) is 10.9. The van der Waals surface area contributed by atoms with Gasteiger partial charge in [0.15, 0.2) is 0 Å². The highest BCUT2D eigenvalue weighted by molar-refractivity contribution is 5.77. The van der Waals surface area contributed by atoms with E-state index in [-0.39, 0.29) is 0 Å². The van der Waals surface area contributed by atoms with Crippen molar-refractivity contribution < 1.29 is 4.79 Å². The molecule has 1 saturated heterocycles. The maximum Gasteiger partial charge on any atom is 0.223 e. The largest absolute Gasteiger partial charge is 0.339 e. The van der Waals surface area contributed by atoms with Gasteiger partial charge < -0.3 is 10.2 Å². The van der Waals surface area contributed by atoms with Crippen molar-refractivity contribution in [2.75, 3.05) is 19.6 Å². The van der Waals surface area contributed by atoms with Gasteiger partial charge in [-0.1, -0.05) is 6.42 Å². The van der Waals surface area contributed by atoms with Crippen LogP contribution in [0.5, 0.6) is 0 Å². The highest BCUT2D eigenvalue weighted by Crippen LogP contribution is 2.30. The van der Waals surface area contributed by atoms with Gasteiger partial charge in [-0.3, -0.25) is 4.79 Å². The van der Waals surface area contributed by atoms with Crippen LogP contribution in [0.4, 0.5) is 0 Å². The second kappa shape index (κ2) is 4.97. The maximum atomic E-state index is 12.1. The highest BCUT2D eigenvalue weighted by Gasteiger charge is 2.28. The van der Waals surface area contributed by atoms with Gasteiger partial charge in [-0.2, -0.15) is 0 Å². The first-order chi connectivity index (χ1) is 7.31. The molecular weight excluding hydrogens is 188 g/mol. The lowest BCUT2D eigenvalue weighted by Gasteiger charge is -2.31. The van der Waals surface area contributed by atoms with E-state index in [1.807, 2.05) is 0 Å². The van der Waals surface area contributed by atoms with Crippen molar-refractivity contribution in [1.29, 1.82) is 0 Å². The SMILES string of the molecule is CCN(C(=O)CC1CCC1)C1CCNC1. The van der Waals surface area contributed by atoms with Crippen LogP contribution in [0, 0.1) is 5.92 Å². The molecule has 1 atom stereocenters. The average Bonchev–Trinajstić information content (AvgIpc) is 2.66. The van der Waals surface area contributed by atoms with E-state index in [4.69, 9.17) is 0 Å². The number of hydrogen-bond acceptors (Lipinski definition) is 2. The van der Waals surface area contributed by atoms with Crippen molar-refractivity contribution in [2.24, 2.45) is 5.92 Å². The Kier molecular flexibility index (Phi) is 3.62. The number of rotatable bonds is 4. The van der Waals surface area contributed by atoms with Crippen molar-refractivity contribution in [3.63, 3.8) is 0 Å². The second-order valence-electron chi connectivity index (χ2n) is 4.83. The van der Waals surface area contributed by atoms with Crippen LogP contribution < -0.4 is 5.32 Å². The molecule has 0 aromatic heterocycles. The molecule has 1 aliphatic heterocycles. The summed E-state index contributed by atoms with van der Waals surface area (Å²) < 4.78 is 0. The minimum absolute atomic E-state index is 0.385. The zero-order chi connectivity index (χ0) is 10.7. The molecule has 1 unspecified atom stereocenters. The molecular formula is C12H22N2O. The Morgan fingerprint density at radius 2 is 2.20 bits per heavy atom. The molecule has 0 spiro atoms. The molecule has 0 aromatic rings. The Bertz CT molecular complexity index is 220. The first-order valence-electron chi connectivity index (χ1n) is 6.31. The van der Waals surface area contributed by atoms with Gasteiger partial charge >= 0.3 is 0 Å². The average molecular weight is 210 g/mol.